The van der Waals surface area contributed by atoms with Crippen LogP contribution < -0.4 is 10.6 Å². The Kier molecular flexibility index (Phi) is 5.59. The fraction of sp³-hybridized carbons (Fsp3) is 0.500. The Morgan fingerprint density at radius 1 is 1.03 bits per heavy atom. The first-order chi connectivity index (χ1) is 16.6. The standard InChI is InChI=1S/C24H27F2N5O3/c25-15-1-2-19(18(26)11-15)29-23-30-20-13-27-22(12-21(20)31(23)17-5-8-32-14-17)28-16-3-6-24(7-4-16)33-9-10-34-24/h1-2,11-13,16-17H,3-10,14H2,(H,27,28)(H,29,30)/t17-/m0/s1. The first-order valence-corrected chi connectivity index (χ1v) is 11.8. The van der Waals surface area contributed by atoms with Gasteiger partial charge in [-0.1, -0.05) is 0 Å². The highest BCUT2D eigenvalue weighted by molar-refractivity contribution is 5.81. The molecule has 2 aromatic heterocycles. The second-order valence-electron chi connectivity index (χ2n) is 9.16. The number of imidazole rings is 1. The summed E-state index contributed by atoms with van der Waals surface area (Å²) < 4.78 is 47.0. The number of hydrogen-bond donors (Lipinski definition) is 2. The van der Waals surface area contributed by atoms with Crippen LogP contribution >= 0.6 is 0 Å². The van der Waals surface area contributed by atoms with E-state index >= 15 is 0 Å². The molecule has 1 atom stereocenters. The summed E-state index contributed by atoms with van der Waals surface area (Å²) in [4.78, 5) is 9.24. The normalized spacial score (nSPS) is 22.6. The maximum Gasteiger partial charge on any atom is 0.208 e. The van der Waals surface area contributed by atoms with Gasteiger partial charge in [0.1, 0.15) is 23.0 Å². The average molecular weight is 472 g/mol. The first kappa shape index (κ1) is 21.7. The van der Waals surface area contributed by atoms with Crippen molar-refractivity contribution in [1.29, 1.82) is 0 Å². The van der Waals surface area contributed by atoms with E-state index in [1.807, 2.05) is 10.6 Å². The molecule has 6 rings (SSSR count). The Balaban J connectivity index is 1.27. The van der Waals surface area contributed by atoms with E-state index in [4.69, 9.17) is 14.2 Å². The van der Waals surface area contributed by atoms with Gasteiger partial charge in [0.2, 0.25) is 5.95 Å². The fourth-order valence-electron chi connectivity index (χ4n) is 5.17. The van der Waals surface area contributed by atoms with Gasteiger partial charge in [-0.05, 0) is 31.4 Å². The number of hydrogen-bond acceptors (Lipinski definition) is 7. The highest BCUT2D eigenvalue weighted by Gasteiger charge is 2.40. The molecule has 0 amide bonds. The lowest BCUT2D eigenvalue weighted by molar-refractivity contribution is -0.177. The van der Waals surface area contributed by atoms with Crippen LogP contribution in [0.4, 0.5) is 26.2 Å². The van der Waals surface area contributed by atoms with Crippen LogP contribution in [0.15, 0.2) is 30.5 Å². The van der Waals surface area contributed by atoms with Gasteiger partial charge in [0.05, 0.1) is 43.3 Å². The predicted molar refractivity (Wildman–Crippen MR) is 122 cm³/mol. The molecule has 0 unspecified atom stereocenters. The van der Waals surface area contributed by atoms with E-state index in [9.17, 15) is 8.78 Å². The molecule has 3 aliphatic rings. The van der Waals surface area contributed by atoms with E-state index in [1.165, 1.54) is 12.1 Å². The summed E-state index contributed by atoms with van der Waals surface area (Å²) in [5, 5.41) is 6.60. The minimum Gasteiger partial charge on any atom is -0.379 e. The average Bonchev–Trinajstić information content (AvgIpc) is 3.58. The lowest BCUT2D eigenvalue weighted by Crippen LogP contribution is -2.39. The molecule has 0 radical (unpaired) electrons. The van der Waals surface area contributed by atoms with Crippen LogP contribution in [0.3, 0.4) is 0 Å². The van der Waals surface area contributed by atoms with Crippen LogP contribution in [0.5, 0.6) is 0 Å². The van der Waals surface area contributed by atoms with Crippen LogP contribution in [0.1, 0.15) is 38.1 Å². The number of nitrogens with zero attached hydrogens (tertiary/aromatic N) is 3. The fourth-order valence-corrected chi connectivity index (χ4v) is 5.17. The minimum absolute atomic E-state index is 0.0532. The number of benzene rings is 1. The number of halogens is 2. The summed E-state index contributed by atoms with van der Waals surface area (Å²) >= 11 is 0. The molecule has 3 fully saturated rings. The minimum atomic E-state index is -0.674. The highest BCUT2D eigenvalue weighted by atomic mass is 19.1. The van der Waals surface area contributed by atoms with Crippen molar-refractivity contribution in [2.75, 3.05) is 37.1 Å². The second-order valence-corrected chi connectivity index (χ2v) is 9.16. The summed E-state index contributed by atoms with van der Waals surface area (Å²) in [6, 6.07) is 5.76. The van der Waals surface area contributed by atoms with Crippen molar-refractivity contribution in [3.8, 4) is 0 Å². The van der Waals surface area contributed by atoms with Crippen molar-refractivity contribution in [3.63, 3.8) is 0 Å². The van der Waals surface area contributed by atoms with Gasteiger partial charge >= 0.3 is 0 Å². The maximum atomic E-state index is 14.3. The number of aromatic nitrogens is 3. The molecule has 1 saturated carbocycles. The van der Waals surface area contributed by atoms with E-state index in [-0.39, 0.29) is 17.8 Å². The quantitative estimate of drug-likeness (QED) is 0.567. The molecule has 2 saturated heterocycles. The molecular weight excluding hydrogens is 444 g/mol. The van der Waals surface area contributed by atoms with Crippen molar-refractivity contribution >= 4 is 28.5 Å². The smallest absolute Gasteiger partial charge is 0.208 e. The number of ether oxygens (including phenoxy) is 3. The van der Waals surface area contributed by atoms with Crippen molar-refractivity contribution in [3.05, 3.63) is 42.1 Å². The van der Waals surface area contributed by atoms with Gasteiger partial charge in [-0.2, -0.15) is 0 Å². The summed E-state index contributed by atoms with van der Waals surface area (Å²) in [5.74, 6) is -0.453. The molecule has 8 nitrogen and oxygen atoms in total. The Bertz CT molecular complexity index is 1180. The number of pyridine rings is 1. The predicted octanol–water partition coefficient (Wildman–Crippen LogP) is 4.51. The first-order valence-electron chi connectivity index (χ1n) is 11.8. The Labute approximate surface area is 195 Å². The SMILES string of the molecule is Fc1ccc(Nc2nc3cnc(NC4CCC5(CC4)OCCO5)cc3n2[C@H]2CCOC2)c(F)c1. The van der Waals surface area contributed by atoms with Gasteiger partial charge in [0.25, 0.3) is 0 Å². The molecule has 1 spiro atoms. The lowest BCUT2D eigenvalue weighted by atomic mass is 9.90. The second kappa shape index (κ2) is 8.75. The largest absolute Gasteiger partial charge is 0.379 e. The van der Waals surface area contributed by atoms with Gasteiger partial charge in [0.15, 0.2) is 5.79 Å². The monoisotopic (exact) mass is 471 g/mol. The summed E-state index contributed by atoms with van der Waals surface area (Å²) in [7, 11) is 0. The van der Waals surface area contributed by atoms with Crippen molar-refractivity contribution < 1.29 is 23.0 Å². The number of fused-ring (bicyclic) bond motifs is 1. The third-order valence-corrected chi connectivity index (χ3v) is 6.94. The zero-order valence-corrected chi connectivity index (χ0v) is 18.7. The van der Waals surface area contributed by atoms with Gasteiger partial charge in [-0.25, -0.2) is 18.7 Å². The summed E-state index contributed by atoms with van der Waals surface area (Å²) in [5.41, 5.74) is 1.74. The van der Waals surface area contributed by atoms with E-state index in [2.05, 4.69) is 20.6 Å². The molecule has 34 heavy (non-hydrogen) atoms. The molecule has 10 heteroatoms. The van der Waals surface area contributed by atoms with Crippen LogP contribution in [-0.4, -0.2) is 52.8 Å². The molecule has 0 bridgehead atoms. The Morgan fingerprint density at radius 3 is 2.59 bits per heavy atom. The third-order valence-electron chi connectivity index (χ3n) is 6.94. The zero-order chi connectivity index (χ0) is 23.1. The van der Waals surface area contributed by atoms with Gasteiger partial charge in [0, 0.05) is 37.6 Å². The number of anilines is 3. The number of rotatable bonds is 5. The van der Waals surface area contributed by atoms with E-state index in [0.29, 0.717) is 37.9 Å². The van der Waals surface area contributed by atoms with E-state index < -0.39 is 17.4 Å². The van der Waals surface area contributed by atoms with Crippen molar-refractivity contribution in [2.45, 2.75) is 50.0 Å². The number of nitrogens with one attached hydrogen (secondary N) is 2. The van der Waals surface area contributed by atoms with Crippen LogP contribution in [0.2, 0.25) is 0 Å². The molecule has 2 aliphatic heterocycles. The molecule has 3 aromatic rings. The zero-order valence-electron chi connectivity index (χ0n) is 18.7. The summed E-state index contributed by atoms with van der Waals surface area (Å²) in [6.45, 7) is 2.54. The van der Waals surface area contributed by atoms with Crippen LogP contribution in [-0.2, 0) is 14.2 Å². The van der Waals surface area contributed by atoms with Gasteiger partial charge < -0.3 is 29.4 Å². The van der Waals surface area contributed by atoms with Gasteiger partial charge in [-0.15, -0.1) is 0 Å². The third kappa shape index (κ3) is 4.10. The molecular formula is C24H27F2N5O3. The van der Waals surface area contributed by atoms with E-state index in [0.717, 1.165) is 49.5 Å². The molecule has 1 aromatic carbocycles. The lowest BCUT2D eigenvalue weighted by Gasteiger charge is -2.35. The van der Waals surface area contributed by atoms with E-state index in [1.54, 1.807) is 6.20 Å². The summed E-state index contributed by atoms with van der Waals surface area (Å²) in [6.07, 6.45) is 6.15. The van der Waals surface area contributed by atoms with Gasteiger partial charge in [-0.3, -0.25) is 0 Å². The van der Waals surface area contributed by atoms with Crippen LogP contribution in [0, 0.1) is 11.6 Å². The molecule has 4 heterocycles. The molecule has 2 N–H and O–H groups in total. The highest BCUT2D eigenvalue weighted by Crippen LogP contribution is 2.37. The Hall–Kier alpha value is -2.82. The van der Waals surface area contributed by atoms with Crippen LogP contribution in [0.25, 0.3) is 11.0 Å². The van der Waals surface area contributed by atoms with Crippen molar-refractivity contribution in [2.24, 2.45) is 0 Å². The van der Waals surface area contributed by atoms with Crippen molar-refractivity contribution in [1.82, 2.24) is 14.5 Å². The maximum absolute atomic E-state index is 14.3. The Morgan fingerprint density at radius 2 is 1.85 bits per heavy atom. The topological polar surface area (TPSA) is 82.5 Å². The molecule has 1 aliphatic carbocycles. The molecule has 180 valence electrons.